The molecule has 3 heteroatoms. The second-order valence-electron chi connectivity index (χ2n) is 5.99. The van der Waals surface area contributed by atoms with Crippen molar-refractivity contribution in [3.05, 3.63) is 35.9 Å². The Kier molecular flexibility index (Phi) is 6.29. The summed E-state index contributed by atoms with van der Waals surface area (Å²) in [5, 5.41) is 0. The summed E-state index contributed by atoms with van der Waals surface area (Å²) in [5.41, 5.74) is 1.89. The summed E-state index contributed by atoms with van der Waals surface area (Å²) in [7, 11) is 0.0456. The number of hydrogen-bond acceptors (Lipinski definition) is 2. The second kappa shape index (κ2) is 7.26. The van der Waals surface area contributed by atoms with Crippen LogP contribution in [-0.2, 0) is 11.1 Å². The highest BCUT2D eigenvalue weighted by molar-refractivity contribution is 7.65. The lowest BCUT2D eigenvalue weighted by Crippen LogP contribution is -2.24. The van der Waals surface area contributed by atoms with Crippen molar-refractivity contribution >= 4 is 7.14 Å². The predicted octanol–water partition coefficient (Wildman–Crippen LogP) is 4.30. The van der Waals surface area contributed by atoms with Crippen LogP contribution in [-0.4, -0.2) is 36.0 Å². The van der Waals surface area contributed by atoms with Gasteiger partial charge in [-0.2, -0.15) is 0 Å². The van der Waals surface area contributed by atoms with Crippen molar-refractivity contribution in [2.75, 3.05) is 19.8 Å². The van der Waals surface area contributed by atoms with Gasteiger partial charge in [0.05, 0.1) is 7.14 Å². The molecular formula is C16H28NOP. The van der Waals surface area contributed by atoms with Crippen molar-refractivity contribution in [1.29, 1.82) is 0 Å². The van der Waals surface area contributed by atoms with Crippen LogP contribution in [0.4, 0.5) is 0 Å². The first-order chi connectivity index (χ1) is 8.86. The smallest absolute Gasteiger partial charge is 0.0937 e. The Balaban J connectivity index is 2.54. The molecule has 0 N–H and O–H groups in total. The van der Waals surface area contributed by atoms with Crippen LogP contribution >= 0.6 is 7.14 Å². The fourth-order valence-electron chi connectivity index (χ4n) is 2.41. The highest BCUT2D eigenvalue weighted by atomic mass is 31.2. The van der Waals surface area contributed by atoms with Gasteiger partial charge in [-0.25, -0.2) is 0 Å². The van der Waals surface area contributed by atoms with Gasteiger partial charge in [0.25, 0.3) is 0 Å². The maximum absolute atomic E-state index is 12.9. The van der Waals surface area contributed by atoms with Crippen LogP contribution in [0.25, 0.3) is 0 Å². The largest absolute Gasteiger partial charge is 0.323 e. The standard InChI is InChI=1S/C16H28NOP/c1-14(2)19(18,15(3)4)12-11-17(5)13-16-9-7-6-8-10-16/h6-10,14-15H,11-13H2,1-5H3. The molecule has 0 aromatic heterocycles. The van der Waals surface area contributed by atoms with E-state index in [1.54, 1.807) is 0 Å². The van der Waals surface area contributed by atoms with Crippen LogP contribution in [0.15, 0.2) is 30.3 Å². The van der Waals surface area contributed by atoms with Crippen LogP contribution in [0, 0.1) is 0 Å². The number of hydrogen-bond donors (Lipinski definition) is 0. The van der Waals surface area contributed by atoms with Crippen molar-refractivity contribution in [2.45, 2.75) is 45.6 Å². The maximum Gasteiger partial charge on any atom is 0.0937 e. The van der Waals surface area contributed by atoms with Gasteiger partial charge in [-0.15, -0.1) is 0 Å². The van der Waals surface area contributed by atoms with Gasteiger partial charge in [0.2, 0.25) is 0 Å². The summed E-state index contributed by atoms with van der Waals surface area (Å²) < 4.78 is 12.9. The zero-order valence-electron chi connectivity index (χ0n) is 13.0. The highest BCUT2D eigenvalue weighted by Gasteiger charge is 2.29. The van der Waals surface area contributed by atoms with E-state index in [9.17, 15) is 4.57 Å². The predicted molar refractivity (Wildman–Crippen MR) is 85.5 cm³/mol. The topological polar surface area (TPSA) is 20.3 Å². The van der Waals surface area contributed by atoms with Gasteiger partial charge in [-0.1, -0.05) is 58.0 Å². The maximum atomic E-state index is 12.9. The van der Waals surface area contributed by atoms with Crippen LogP contribution in [0.2, 0.25) is 0 Å². The third-order valence-electron chi connectivity index (χ3n) is 3.87. The second-order valence-corrected chi connectivity index (χ2v) is 10.2. The molecule has 108 valence electrons. The van der Waals surface area contributed by atoms with Crippen molar-refractivity contribution in [2.24, 2.45) is 0 Å². The van der Waals surface area contributed by atoms with Crippen molar-refractivity contribution in [3.63, 3.8) is 0 Å². The zero-order chi connectivity index (χ0) is 14.5. The lowest BCUT2D eigenvalue weighted by molar-refractivity contribution is 0.345. The Morgan fingerprint density at radius 1 is 1.05 bits per heavy atom. The molecule has 0 spiro atoms. The van der Waals surface area contributed by atoms with Crippen LogP contribution < -0.4 is 0 Å². The van der Waals surface area contributed by atoms with Gasteiger partial charge < -0.3 is 9.46 Å². The van der Waals surface area contributed by atoms with E-state index in [-0.39, 0.29) is 11.3 Å². The monoisotopic (exact) mass is 281 g/mol. The van der Waals surface area contributed by atoms with Crippen molar-refractivity contribution in [3.8, 4) is 0 Å². The molecular weight excluding hydrogens is 253 g/mol. The molecule has 0 aliphatic carbocycles. The van der Waals surface area contributed by atoms with Crippen LogP contribution in [0.5, 0.6) is 0 Å². The molecule has 0 unspecified atom stereocenters. The van der Waals surface area contributed by atoms with E-state index in [2.05, 4.69) is 63.9 Å². The van der Waals surface area contributed by atoms with Gasteiger partial charge in [-0.05, 0) is 12.6 Å². The molecule has 0 amide bonds. The van der Waals surface area contributed by atoms with Gasteiger partial charge in [-0.3, -0.25) is 0 Å². The quantitative estimate of drug-likeness (QED) is 0.695. The van der Waals surface area contributed by atoms with Gasteiger partial charge in [0.1, 0.15) is 0 Å². The third-order valence-corrected chi connectivity index (χ3v) is 8.27. The number of benzene rings is 1. The first kappa shape index (κ1) is 16.5. The molecule has 1 rings (SSSR count). The normalized spacial score (nSPS) is 12.6. The molecule has 19 heavy (non-hydrogen) atoms. The molecule has 0 saturated carbocycles. The van der Waals surface area contributed by atoms with E-state index < -0.39 is 7.14 Å². The fourth-order valence-corrected chi connectivity index (χ4v) is 5.29. The first-order valence-corrected chi connectivity index (χ1v) is 9.20. The molecule has 0 saturated heterocycles. The summed E-state index contributed by atoms with van der Waals surface area (Å²) in [6, 6.07) is 10.4. The molecule has 2 nitrogen and oxygen atoms in total. The molecule has 1 aromatic carbocycles. The summed E-state index contributed by atoms with van der Waals surface area (Å²) in [6.45, 7) is 10.2. The van der Waals surface area contributed by atoms with Gasteiger partial charge >= 0.3 is 0 Å². The van der Waals surface area contributed by atoms with Gasteiger partial charge in [0.15, 0.2) is 0 Å². The summed E-state index contributed by atoms with van der Waals surface area (Å²) in [5.74, 6) is 0. The molecule has 0 bridgehead atoms. The van der Waals surface area contributed by atoms with E-state index in [1.165, 1.54) is 5.56 Å². The number of rotatable bonds is 7. The SMILES string of the molecule is CC(C)P(=O)(CCN(C)Cc1ccccc1)C(C)C. The van der Waals surface area contributed by atoms with E-state index in [1.807, 2.05) is 6.07 Å². The Labute approximate surface area is 118 Å². The minimum absolute atomic E-state index is 0.289. The highest BCUT2D eigenvalue weighted by Crippen LogP contribution is 2.54. The van der Waals surface area contributed by atoms with Crippen molar-refractivity contribution in [1.82, 2.24) is 4.90 Å². The lowest BCUT2D eigenvalue weighted by atomic mass is 10.2. The molecule has 0 fully saturated rings. The Morgan fingerprint density at radius 3 is 2.05 bits per heavy atom. The summed E-state index contributed by atoms with van der Waals surface area (Å²) >= 11 is 0. The minimum atomic E-state index is -2.06. The third kappa shape index (κ3) is 4.78. The van der Waals surface area contributed by atoms with Crippen molar-refractivity contribution < 1.29 is 4.57 Å². The Bertz CT molecular complexity index is 402. The van der Waals surface area contributed by atoms with E-state index in [4.69, 9.17) is 0 Å². The molecule has 0 atom stereocenters. The molecule has 0 aliphatic rings. The number of nitrogens with zero attached hydrogens (tertiary/aromatic N) is 1. The summed E-state index contributed by atoms with van der Waals surface area (Å²) in [4.78, 5) is 2.27. The first-order valence-electron chi connectivity index (χ1n) is 7.17. The molecule has 1 aromatic rings. The fraction of sp³-hybridized carbons (Fsp3) is 0.625. The Morgan fingerprint density at radius 2 is 1.58 bits per heavy atom. The van der Waals surface area contributed by atoms with E-state index in [0.717, 1.165) is 19.3 Å². The van der Waals surface area contributed by atoms with E-state index >= 15 is 0 Å². The zero-order valence-corrected chi connectivity index (χ0v) is 13.9. The molecule has 0 aliphatic heterocycles. The molecule has 0 radical (unpaired) electrons. The van der Waals surface area contributed by atoms with Crippen LogP contribution in [0.3, 0.4) is 0 Å². The minimum Gasteiger partial charge on any atom is -0.323 e. The van der Waals surface area contributed by atoms with E-state index in [0.29, 0.717) is 0 Å². The summed E-state index contributed by atoms with van der Waals surface area (Å²) in [6.07, 6.45) is 0.825. The lowest BCUT2D eigenvalue weighted by Gasteiger charge is -2.28. The average Bonchev–Trinajstić information content (AvgIpc) is 2.36. The van der Waals surface area contributed by atoms with Gasteiger partial charge in [0, 0.05) is 30.6 Å². The average molecular weight is 281 g/mol. The van der Waals surface area contributed by atoms with Crippen LogP contribution in [0.1, 0.15) is 33.3 Å². The Hall–Kier alpha value is -0.590. The molecule has 0 heterocycles.